The van der Waals surface area contributed by atoms with Crippen LogP contribution >= 0.6 is 11.8 Å². The Labute approximate surface area is 198 Å². The number of thioether (sulfide) groups is 1. The maximum Gasteiger partial charge on any atom is 0.326 e. The second-order valence-electron chi connectivity index (χ2n) is 7.18. The summed E-state index contributed by atoms with van der Waals surface area (Å²) in [5, 5.41) is 24.5. The van der Waals surface area contributed by atoms with Gasteiger partial charge in [0.2, 0.25) is 29.5 Å². The van der Waals surface area contributed by atoms with E-state index < -0.39 is 91.3 Å². The molecule has 0 saturated carbocycles. The van der Waals surface area contributed by atoms with Gasteiger partial charge >= 0.3 is 11.9 Å². The first-order chi connectivity index (χ1) is 15.8. The number of nitrogens with two attached hydrogens (primary N) is 3. The quantitative estimate of drug-likeness (QED) is 0.0947. The fourth-order valence-electron chi connectivity index (χ4n) is 2.55. The zero-order chi connectivity index (χ0) is 26.4. The van der Waals surface area contributed by atoms with E-state index in [0.717, 1.165) is 0 Å². The molecule has 0 rings (SSSR count). The third-order valence-electron chi connectivity index (χ3n) is 4.31. The number of carboxylic acids is 2. The minimum absolute atomic E-state index is 0.276. The van der Waals surface area contributed by atoms with Gasteiger partial charge in [0.1, 0.15) is 18.1 Å². The average Bonchev–Trinajstić information content (AvgIpc) is 2.72. The zero-order valence-electron chi connectivity index (χ0n) is 18.4. The van der Waals surface area contributed by atoms with Gasteiger partial charge in [-0.2, -0.15) is 11.8 Å². The van der Waals surface area contributed by atoms with Crippen LogP contribution in [0.4, 0.5) is 0 Å². The van der Waals surface area contributed by atoms with Crippen molar-refractivity contribution in [3.05, 3.63) is 0 Å². The van der Waals surface area contributed by atoms with Crippen molar-refractivity contribution in [2.24, 2.45) is 17.2 Å². The standard InChI is InChI=1S/C18H30N6O9S/c1-34-5-4-8(19)15(29)23-10(6-12(20)25)17(31)22-9(2-3-14(27)28)16(30)24-11(18(32)33)7-13(21)26/h8-11H,2-7,19H2,1H3,(H2,20,25)(H2,21,26)(H,22,31)(H,23,29)(H,24,30)(H,27,28)(H,32,33). The van der Waals surface area contributed by atoms with E-state index in [-0.39, 0.29) is 6.42 Å². The zero-order valence-corrected chi connectivity index (χ0v) is 19.3. The Balaban J connectivity index is 5.57. The summed E-state index contributed by atoms with van der Waals surface area (Å²) in [7, 11) is 0. The van der Waals surface area contributed by atoms with E-state index >= 15 is 0 Å². The first kappa shape index (κ1) is 30.6. The predicted octanol–water partition coefficient (Wildman–Crippen LogP) is -3.78. The summed E-state index contributed by atoms with van der Waals surface area (Å²) in [5.41, 5.74) is 15.8. The molecule has 0 radical (unpaired) electrons. The molecule has 11 N–H and O–H groups in total. The van der Waals surface area contributed by atoms with Crippen molar-refractivity contribution in [3.8, 4) is 0 Å². The fraction of sp³-hybridized carbons (Fsp3) is 0.611. The molecular formula is C18H30N6O9S. The Morgan fingerprint density at radius 3 is 1.71 bits per heavy atom. The number of amides is 5. The Morgan fingerprint density at radius 2 is 1.24 bits per heavy atom. The van der Waals surface area contributed by atoms with Crippen molar-refractivity contribution >= 4 is 53.2 Å². The van der Waals surface area contributed by atoms with Crippen LogP contribution in [-0.4, -0.2) is 87.9 Å². The molecule has 0 aliphatic rings. The number of nitrogens with one attached hydrogen (secondary N) is 3. The van der Waals surface area contributed by atoms with Crippen LogP contribution in [0.2, 0.25) is 0 Å². The number of primary amides is 2. The first-order valence-corrected chi connectivity index (χ1v) is 11.3. The third kappa shape index (κ3) is 12.6. The van der Waals surface area contributed by atoms with E-state index in [1.807, 2.05) is 5.32 Å². The smallest absolute Gasteiger partial charge is 0.326 e. The van der Waals surface area contributed by atoms with Crippen LogP contribution in [0.15, 0.2) is 0 Å². The molecule has 0 bridgehead atoms. The molecule has 0 aliphatic heterocycles. The average molecular weight is 507 g/mol. The van der Waals surface area contributed by atoms with Gasteiger partial charge < -0.3 is 43.4 Å². The normalized spacial score (nSPS) is 14.1. The number of carbonyl (C=O) groups excluding carboxylic acids is 5. The van der Waals surface area contributed by atoms with Crippen molar-refractivity contribution in [2.75, 3.05) is 12.0 Å². The molecule has 16 heteroatoms. The first-order valence-electron chi connectivity index (χ1n) is 9.95. The Morgan fingerprint density at radius 1 is 0.765 bits per heavy atom. The van der Waals surface area contributed by atoms with Crippen molar-refractivity contribution in [1.82, 2.24) is 16.0 Å². The highest BCUT2D eigenvalue weighted by Gasteiger charge is 2.31. The van der Waals surface area contributed by atoms with Crippen LogP contribution in [0.1, 0.15) is 32.1 Å². The summed E-state index contributed by atoms with van der Waals surface area (Å²) in [6.07, 6.45) is -0.403. The molecule has 15 nitrogen and oxygen atoms in total. The molecule has 0 aromatic carbocycles. The topological polar surface area (TPSA) is 274 Å². The van der Waals surface area contributed by atoms with Crippen LogP contribution in [-0.2, 0) is 33.6 Å². The molecule has 34 heavy (non-hydrogen) atoms. The lowest BCUT2D eigenvalue weighted by atomic mass is 10.1. The molecule has 192 valence electrons. The predicted molar refractivity (Wildman–Crippen MR) is 119 cm³/mol. The third-order valence-corrected chi connectivity index (χ3v) is 4.95. The number of rotatable bonds is 17. The minimum Gasteiger partial charge on any atom is -0.481 e. The summed E-state index contributed by atoms with van der Waals surface area (Å²) >= 11 is 1.44. The number of hydrogen-bond acceptors (Lipinski definition) is 9. The molecule has 5 amide bonds. The molecular weight excluding hydrogens is 476 g/mol. The molecule has 4 atom stereocenters. The molecule has 0 spiro atoms. The number of carbonyl (C=O) groups is 7. The summed E-state index contributed by atoms with van der Waals surface area (Å²) < 4.78 is 0. The van der Waals surface area contributed by atoms with E-state index in [4.69, 9.17) is 27.4 Å². The Kier molecular flexibility index (Phi) is 13.9. The highest BCUT2D eigenvalue weighted by molar-refractivity contribution is 7.98. The molecule has 0 heterocycles. The van der Waals surface area contributed by atoms with E-state index in [0.29, 0.717) is 5.75 Å². The van der Waals surface area contributed by atoms with E-state index in [1.165, 1.54) is 11.8 Å². The van der Waals surface area contributed by atoms with Gasteiger partial charge in [-0.1, -0.05) is 0 Å². The van der Waals surface area contributed by atoms with Crippen LogP contribution in [0.3, 0.4) is 0 Å². The Hall–Kier alpha value is -3.40. The van der Waals surface area contributed by atoms with Gasteiger partial charge in [-0.05, 0) is 24.9 Å². The van der Waals surface area contributed by atoms with Gasteiger partial charge in [-0.25, -0.2) is 4.79 Å². The summed E-state index contributed by atoms with van der Waals surface area (Å²) in [5.74, 6) is -7.28. The van der Waals surface area contributed by atoms with Crippen molar-refractivity contribution in [2.45, 2.75) is 56.3 Å². The van der Waals surface area contributed by atoms with Crippen molar-refractivity contribution in [3.63, 3.8) is 0 Å². The molecule has 4 unspecified atom stereocenters. The van der Waals surface area contributed by atoms with Gasteiger partial charge in [0.25, 0.3) is 0 Å². The fourth-order valence-corrected chi connectivity index (χ4v) is 3.04. The monoisotopic (exact) mass is 506 g/mol. The van der Waals surface area contributed by atoms with E-state index in [2.05, 4.69) is 10.6 Å². The Bertz CT molecular complexity index is 794. The van der Waals surface area contributed by atoms with Crippen LogP contribution in [0.25, 0.3) is 0 Å². The van der Waals surface area contributed by atoms with Gasteiger partial charge in [-0.15, -0.1) is 0 Å². The van der Waals surface area contributed by atoms with E-state index in [9.17, 15) is 33.6 Å². The van der Waals surface area contributed by atoms with Gasteiger partial charge in [0.15, 0.2) is 0 Å². The summed E-state index contributed by atoms with van der Waals surface area (Å²) in [6.45, 7) is 0. The second kappa shape index (κ2) is 15.4. The molecule has 0 aliphatic carbocycles. The SMILES string of the molecule is CSCCC(N)C(=O)NC(CC(N)=O)C(=O)NC(CCC(=O)O)C(=O)NC(CC(N)=O)C(=O)O. The maximum atomic E-state index is 12.7. The number of hydrogen-bond donors (Lipinski definition) is 8. The molecule has 0 aromatic heterocycles. The van der Waals surface area contributed by atoms with E-state index in [1.54, 1.807) is 6.26 Å². The molecule has 0 fully saturated rings. The maximum absolute atomic E-state index is 12.7. The minimum atomic E-state index is -1.73. The molecule has 0 aromatic rings. The second-order valence-corrected chi connectivity index (χ2v) is 8.17. The number of carboxylic acid groups (broad SMARTS) is 2. The van der Waals surface area contributed by atoms with Crippen LogP contribution in [0, 0.1) is 0 Å². The van der Waals surface area contributed by atoms with Gasteiger partial charge in [0.05, 0.1) is 18.9 Å². The van der Waals surface area contributed by atoms with Crippen molar-refractivity contribution in [1.29, 1.82) is 0 Å². The highest BCUT2D eigenvalue weighted by Crippen LogP contribution is 2.04. The lowest BCUT2D eigenvalue weighted by Gasteiger charge is -2.24. The summed E-state index contributed by atoms with van der Waals surface area (Å²) in [6, 6.07) is -5.85. The lowest BCUT2D eigenvalue weighted by molar-refractivity contribution is -0.144. The van der Waals surface area contributed by atoms with Crippen molar-refractivity contribution < 1.29 is 43.8 Å². The number of aliphatic carboxylic acids is 2. The lowest BCUT2D eigenvalue weighted by Crippen LogP contribution is -2.58. The highest BCUT2D eigenvalue weighted by atomic mass is 32.2. The van der Waals surface area contributed by atoms with Crippen LogP contribution < -0.4 is 33.2 Å². The largest absolute Gasteiger partial charge is 0.481 e. The summed E-state index contributed by atoms with van der Waals surface area (Å²) in [4.78, 5) is 82.1. The van der Waals surface area contributed by atoms with Gasteiger partial charge in [-0.3, -0.25) is 28.8 Å². The van der Waals surface area contributed by atoms with Gasteiger partial charge in [0, 0.05) is 6.42 Å². The molecule has 0 saturated heterocycles. The van der Waals surface area contributed by atoms with Crippen LogP contribution in [0.5, 0.6) is 0 Å².